The Balaban J connectivity index is 1.78. The van der Waals surface area contributed by atoms with Crippen LogP contribution in [0.5, 0.6) is 5.75 Å². The summed E-state index contributed by atoms with van der Waals surface area (Å²) >= 11 is 0.987. The minimum atomic E-state index is -5.35. The summed E-state index contributed by atoms with van der Waals surface area (Å²) in [5.74, 6) is -2.34. The number of carbonyl (C=O) groups is 2. The number of halogens is 4. The van der Waals surface area contributed by atoms with E-state index in [2.05, 4.69) is 27.0 Å². The molecule has 0 bridgehead atoms. The standard InChI is InChI=1S/C26H24F4N6O4S/c1-12(8-16-20(33-3)36-23(32)41-16)21(37)34-10-25(39,26(28,29)30)17-9-15-19(40-11-24(15,2)22(31)38)18(35-17)13-4-6-14(27)7-5-13/h4-9,39H,3,10-11H2,1-2H3,(H2,31,38)(H2,32,36)(H,34,37)/b12-8+/t24-,25?/m0/s1. The molecule has 1 aromatic carbocycles. The molecule has 1 aliphatic rings. The lowest BCUT2D eigenvalue weighted by Crippen LogP contribution is -2.52. The fourth-order valence-electron chi connectivity index (χ4n) is 4.10. The summed E-state index contributed by atoms with van der Waals surface area (Å²) in [6.07, 6.45) is -4.04. The number of benzene rings is 1. The van der Waals surface area contributed by atoms with E-state index in [4.69, 9.17) is 16.2 Å². The number of pyridine rings is 1. The summed E-state index contributed by atoms with van der Waals surface area (Å²) in [5, 5.41) is 13.3. The highest BCUT2D eigenvalue weighted by atomic mass is 32.1. The Hall–Kier alpha value is -4.37. The molecule has 15 heteroatoms. The van der Waals surface area contributed by atoms with E-state index in [1.807, 2.05) is 0 Å². The van der Waals surface area contributed by atoms with Gasteiger partial charge in [0.25, 0.3) is 0 Å². The highest BCUT2D eigenvalue weighted by Gasteiger charge is 2.57. The number of primary amides is 1. The monoisotopic (exact) mass is 592 g/mol. The molecule has 0 fully saturated rings. The predicted octanol–water partition coefficient (Wildman–Crippen LogP) is 3.36. The average molecular weight is 593 g/mol. The molecule has 3 heterocycles. The second-order valence-electron chi connectivity index (χ2n) is 9.49. The number of hydrogen-bond donors (Lipinski definition) is 4. The number of nitrogen functional groups attached to an aromatic ring is 1. The van der Waals surface area contributed by atoms with Gasteiger partial charge < -0.3 is 26.6 Å². The van der Waals surface area contributed by atoms with Crippen molar-refractivity contribution in [2.45, 2.75) is 31.0 Å². The number of aliphatic imine (C=N–C) groups is 1. The minimum absolute atomic E-state index is 0.0355. The van der Waals surface area contributed by atoms with Crippen molar-refractivity contribution in [2.24, 2.45) is 10.7 Å². The van der Waals surface area contributed by atoms with Crippen molar-refractivity contribution >= 4 is 46.9 Å². The zero-order valence-corrected chi connectivity index (χ0v) is 22.5. The van der Waals surface area contributed by atoms with Crippen LogP contribution in [0.3, 0.4) is 0 Å². The maximum absolute atomic E-state index is 14.5. The van der Waals surface area contributed by atoms with Gasteiger partial charge in [-0.2, -0.15) is 13.2 Å². The fourth-order valence-corrected chi connectivity index (χ4v) is 4.89. The zero-order chi connectivity index (χ0) is 30.3. The van der Waals surface area contributed by atoms with Crippen LogP contribution in [0.15, 0.2) is 40.9 Å². The van der Waals surface area contributed by atoms with Crippen LogP contribution < -0.4 is 21.5 Å². The Morgan fingerprint density at radius 3 is 2.54 bits per heavy atom. The van der Waals surface area contributed by atoms with Gasteiger partial charge in [-0.05, 0) is 57.0 Å². The SMILES string of the molecule is C=Nc1nc(N)sc1/C=C(\C)C(=O)NCC(O)(c1cc2c(c(-c3ccc(F)cc3)n1)OC[C@]2(C)C(N)=O)C(F)(F)F. The molecular weight excluding hydrogens is 568 g/mol. The van der Waals surface area contributed by atoms with Gasteiger partial charge in [-0.25, -0.2) is 19.4 Å². The maximum atomic E-state index is 14.5. The number of hydrogen-bond acceptors (Lipinski definition) is 9. The number of nitrogens with two attached hydrogens (primary N) is 2. The third-order valence-corrected chi connectivity index (χ3v) is 7.46. The number of amides is 2. The van der Waals surface area contributed by atoms with Crippen molar-refractivity contribution in [3.63, 3.8) is 0 Å². The molecule has 3 aromatic rings. The van der Waals surface area contributed by atoms with E-state index < -0.39 is 47.1 Å². The van der Waals surface area contributed by atoms with Gasteiger partial charge in [0, 0.05) is 16.7 Å². The molecule has 10 nitrogen and oxygen atoms in total. The van der Waals surface area contributed by atoms with Crippen LogP contribution in [0, 0.1) is 5.82 Å². The van der Waals surface area contributed by atoms with Crippen LogP contribution >= 0.6 is 11.3 Å². The third kappa shape index (κ3) is 5.37. The van der Waals surface area contributed by atoms with Gasteiger partial charge in [0.05, 0.1) is 17.1 Å². The van der Waals surface area contributed by atoms with E-state index in [1.165, 1.54) is 32.1 Å². The first-order chi connectivity index (χ1) is 19.1. The quantitative estimate of drug-likeness (QED) is 0.177. The summed E-state index contributed by atoms with van der Waals surface area (Å²) in [5.41, 5.74) is 4.86. The van der Waals surface area contributed by atoms with Crippen LogP contribution in [0.25, 0.3) is 17.3 Å². The maximum Gasteiger partial charge on any atom is 0.424 e. The van der Waals surface area contributed by atoms with E-state index in [1.54, 1.807) is 0 Å². The Morgan fingerprint density at radius 1 is 1.29 bits per heavy atom. The molecule has 1 aliphatic heterocycles. The lowest BCUT2D eigenvalue weighted by molar-refractivity contribution is -0.265. The van der Waals surface area contributed by atoms with Crippen LogP contribution in [0.1, 0.15) is 30.0 Å². The van der Waals surface area contributed by atoms with Crippen molar-refractivity contribution in [3.8, 4) is 17.0 Å². The zero-order valence-electron chi connectivity index (χ0n) is 21.7. The van der Waals surface area contributed by atoms with Crippen molar-refractivity contribution in [3.05, 3.63) is 57.9 Å². The summed E-state index contributed by atoms with van der Waals surface area (Å²) in [6, 6.07) is 5.52. The molecular formula is C26H24F4N6O4S. The molecule has 6 N–H and O–H groups in total. The van der Waals surface area contributed by atoms with E-state index in [0.29, 0.717) is 4.88 Å². The molecule has 2 aromatic heterocycles. The normalized spacial score (nSPS) is 18.3. The largest absolute Gasteiger partial charge is 0.489 e. The van der Waals surface area contributed by atoms with Crippen molar-refractivity contribution in [1.82, 2.24) is 15.3 Å². The third-order valence-electron chi connectivity index (χ3n) is 6.64. The number of nitrogens with zero attached hydrogens (tertiary/aromatic N) is 3. The fraction of sp³-hybridized carbons (Fsp3) is 0.269. The minimum Gasteiger partial charge on any atom is -0.489 e. The molecule has 0 radical (unpaired) electrons. The van der Waals surface area contributed by atoms with Crippen LogP contribution in [-0.4, -0.2) is 52.9 Å². The molecule has 4 rings (SSSR count). The Kier molecular flexibility index (Phi) is 7.62. The van der Waals surface area contributed by atoms with E-state index in [-0.39, 0.29) is 45.7 Å². The summed E-state index contributed by atoms with van der Waals surface area (Å²) < 4.78 is 62.8. The van der Waals surface area contributed by atoms with E-state index >= 15 is 0 Å². The van der Waals surface area contributed by atoms with Crippen molar-refractivity contribution in [2.75, 3.05) is 18.9 Å². The van der Waals surface area contributed by atoms with Gasteiger partial charge >= 0.3 is 6.18 Å². The number of aromatic nitrogens is 2. The van der Waals surface area contributed by atoms with Crippen molar-refractivity contribution < 1.29 is 37.0 Å². The smallest absolute Gasteiger partial charge is 0.424 e. The molecule has 41 heavy (non-hydrogen) atoms. The highest BCUT2D eigenvalue weighted by molar-refractivity contribution is 7.16. The summed E-state index contributed by atoms with van der Waals surface area (Å²) in [6.45, 7) is 4.42. The van der Waals surface area contributed by atoms with Crippen molar-refractivity contribution in [1.29, 1.82) is 0 Å². The first kappa shape index (κ1) is 29.6. The first-order valence-electron chi connectivity index (χ1n) is 11.8. The number of thiazole rings is 1. The number of nitrogens with one attached hydrogen (secondary N) is 1. The molecule has 0 aliphatic carbocycles. The number of carbonyl (C=O) groups excluding carboxylic acids is 2. The average Bonchev–Trinajstić information content (AvgIpc) is 3.45. The van der Waals surface area contributed by atoms with E-state index in [0.717, 1.165) is 29.5 Å². The number of rotatable bonds is 8. The van der Waals surface area contributed by atoms with Gasteiger partial charge in [0.15, 0.2) is 10.9 Å². The molecule has 1 unspecified atom stereocenters. The van der Waals surface area contributed by atoms with Gasteiger partial charge in [0.1, 0.15) is 29.3 Å². The molecule has 0 saturated heterocycles. The second-order valence-corrected chi connectivity index (χ2v) is 10.6. The Labute approximate surface area is 234 Å². The molecule has 216 valence electrons. The highest BCUT2D eigenvalue weighted by Crippen LogP contribution is 2.47. The van der Waals surface area contributed by atoms with Gasteiger partial charge in [-0.15, -0.1) is 0 Å². The second kappa shape index (κ2) is 10.6. The first-order valence-corrected chi connectivity index (χ1v) is 12.7. The Bertz CT molecular complexity index is 1570. The molecule has 2 atom stereocenters. The Morgan fingerprint density at radius 2 is 1.95 bits per heavy atom. The van der Waals surface area contributed by atoms with Gasteiger partial charge in [0.2, 0.25) is 17.4 Å². The number of aliphatic hydroxyl groups is 1. The van der Waals surface area contributed by atoms with Crippen LogP contribution in [-0.2, 0) is 20.6 Å². The summed E-state index contributed by atoms with van der Waals surface area (Å²) in [4.78, 5) is 37.1. The number of ether oxygens (including phenoxy) is 1. The predicted molar refractivity (Wildman–Crippen MR) is 144 cm³/mol. The number of anilines is 1. The topological polar surface area (TPSA) is 166 Å². The summed E-state index contributed by atoms with van der Waals surface area (Å²) in [7, 11) is 0. The van der Waals surface area contributed by atoms with Crippen LogP contribution in [0.2, 0.25) is 0 Å². The number of fused-ring (bicyclic) bond motifs is 1. The molecule has 2 amide bonds. The van der Waals surface area contributed by atoms with E-state index in [9.17, 15) is 32.3 Å². The van der Waals surface area contributed by atoms with Crippen LogP contribution in [0.4, 0.5) is 28.5 Å². The number of alkyl halides is 3. The van der Waals surface area contributed by atoms with Gasteiger partial charge in [-0.1, -0.05) is 11.3 Å². The lowest BCUT2D eigenvalue weighted by atomic mass is 9.81. The lowest BCUT2D eigenvalue weighted by Gasteiger charge is -2.31. The molecule has 0 spiro atoms. The van der Waals surface area contributed by atoms with Gasteiger partial charge in [-0.3, -0.25) is 9.59 Å². The molecule has 0 saturated carbocycles.